The monoisotopic (exact) mass is 639 g/mol. The van der Waals surface area contributed by atoms with Crippen LogP contribution in [0.3, 0.4) is 0 Å². The first kappa shape index (κ1) is 32.1. The molecule has 2 aliphatic rings. The summed E-state index contributed by atoms with van der Waals surface area (Å²) < 4.78 is 5.93. The molecule has 6 rings (SSSR count). The second-order valence-electron chi connectivity index (χ2n) is 12.3. The third-order valence-corrected chi connectivity index (χ3v) is 10.6. The number of benzene rings is 2. The number of nitrogens with zero attached hydrogens (tertiary/aromatic N) is 7. The van der Waals surface area contributed by atoms with Gasteiger partial charge in [0.2, 0.25) is 5.95 Å². The lowest BCUT2D eigenvalue weighted by molar-refractivity contribution is 0.0982. The van der Waals surface area contributed by atoms with Gasteiger partial charge >= 0.3 is 0 Å². The Morgan fingerprint density at radius 3 is 2.43 bits per heavy atom. The van der Waals surface area contributed by atoms with Crippen LogP contribution in [0.1, 0.15) is 30.9 Å². The first-order valence-corrected chi connectivity index (χ1v) is 18.4. The number of piperidine rings is 1. The largest absolute Gasteiger partial charge is 0.494 e. The number of nitrogens with one attached hydrogen (secondary N) is 2. The van der Waals surface area contributed by atoms with Gasteiger partial charge in [0.1, 0.15) is 11.6 Å². The van der Waals surface area contributed by atoms with Gasteiger partial charge in [-0.25, -0.2) is 4.98 Å². The zero-order chi connectivity index (χ0) is 32.2. The van der Waals surface area contributed by atoms with Crippen LogP contribution in [0, 0.1) is 0 Å². The van der Waals surface area contributed by atoms with Gasteiger partial charge in [-0.2, -0.15) is 4.98 Å². The standard InChI is InChI=1S/C35H46N9OP/c1-7-24-21-29(31(45-4)22-30(24)44-15-11-26(12-16-44)43-19-17-42(3)18-20-43)40-35-38-23-25(8-2)34(41-35)39-28-10-9-27-32(33(28)46(5)6)37-14-13-36-27/h8-10,13-14,21-23,26H,2,7,11-12,15-20H2,1,3-6H3,(H2,38,39,40,41). The maximum absolute atomic E-state index is 5.93. The first-order chi connectivity index (χ1) is 22.4. The number of hydrogen-bond acceptors (Lipinski definition) is 10. The third-order valence-electron chi connectivity index (χ3n) is 9.24. The molecule has 10 nitrogen and oxygen atoms in total. The minimum absolute atomic E-state index is 0.477. The smallest absolute Gasteiger partial charge is 0.229 e. The molecule has 242 valence electrons. The fourth-order valence-corrected chi connectivity index (χ4v) is 7.85. The van der Waals surface area contributed by atoms with Crippen molar-refractivity contribution in [1.82, 2.24) is 29.7 Å². The third kappa shape index (κ3) is 6.80. The van der Waals surface area contributed by atoms with Crippen LogP contribution in [0.25, 0.3) is 17.1 Å². The lowest BCUT2D eigenvalue weighted by atomic mass is 9.99. The van der Waals surface area contributed by atoms with Gasteiger partial charge in [0.25, 0.3) is 0 Å². The summed E-state index contributed by atoms with van der Waals surface area (Å²) in [5, 5.41) is 8.18. The molecule has 0 unspecified atom stereocenters. The summed E-state index contributed by atoms with van der Waals surface area (Å²) in [5.74, 6) is 1.92. The molecule has 2 aromatic heterocycles. The highest BCUT2D eigenvalue weighted by molar-refractivity contribution is 7.65. The molecule has 2 aromatic carbocycles. The number of aryl methyl sites for hydroxylation is 1. The number of hydrogen-bond donors (Lipinski definition) is 2. The Bertz CT molecular complexity index is 1680. The molecule has 0 aliphatic carbocycles. The molecule has 0 spiro atoms. The summed E-state index contributed by atoms with van der Waals surface area (Å²) in [7, 11) is 3.47. The van der Waals surface area contributed by atoms with Crippen LogP contribution in [0.15, 0.2) is 49.4 Å². The Kier molecular flexibility index (Phi) is 9.97. The molecule has 0 bridgehead atoms. The van der Waals surface area contributed by atoms with Crippen LogP contribution in [-0.2, 0) is 6.42 Å². The van der Waals surface area contributed by atoms with E-state index in [2.05, 4.69) is 92.4 Å². The summed E-state index contributed by atoms with van der Waals surface area (Å²) >= 11 is 0. The maximum atomic E-state index is 5.93. The van der Waals surface area contributed by atoms with E-state index in [1.165, 1.54) is 50.3 Å². The second kappa shape index (κ2) is 14.3. The Labute approximate surface area is 274 Å². The lowest BCUT2D eigenvalue weighted by Crippen LogP contribution is -2.52. The molecule has 0 saturated carbocycles. The Balaban J connectivity index is 1.23. The summed E-state index contributed by atoms with van der Waals surface area (Å²) in [6.45, 7) is 17.5. The van der Waals surface area contributed by atoms with E-state index in [-0.39, 0.29) is 0 Å². The highest BCUT2D eigenvalue weighted by Crippen LogP contribution is 2.38. The first-order valence-electron chi connectivity index (χ1n) is 16.2. The van der Waals surface area contributed by atoms with Gasteiger partial charge in [-0.15, -0.1) is 0 Å². The molecule has 11 heteroatoms. The highest BCUT2D eigenvalue weighted by atomic mass is 31.1. The van der Waals surface area contributed by atoms with Crippen molar-refractivity contribution in [3.8, 4) is 5.75 Å². The van der Waals surface area contributed by atoms with Crippen LogP contribution in [-0.4, -0.2) is 103 Å². The summed E-state index contributed by atoms with van der Waals surface area (Å²) in [6.07, 6.45) is 10.3. The molecule has 4 heterocycles. The normalized spacial score (nSPS) is 16.6. The SMILES string of the molecule is C=Cc1cnc(Nc2cc(CC)c(N3CCC(N4CCN(C)CC4)CC3)cc2OC)nc1Nc1ccc2nccnc2c1P(C)C. The Morgan fingerprint density at radius 1 is 0.978 bits per heavy atom. The number of piperazine rings is 1. The number of ether oxygens (including phenoxy) is 1. The van der Waals surface area contributed by atoms with E-state index < -0.39 is 7.92 Å². The molecule has 46 heavy (non-hydrogen) atoms. The Hall–Kier alpha value is -3.85. The molecular weight excluding hydrogens is 593 g/mol. The van der Waals surface area contributed by atoms with Crippen LogP contribution in [0.5, 0.6) is 5.75 Å². The minimum atomic E-state index is -0.477. The van der Waals surface area contributed by atoms with Crippen molar-refractivity contribution in [3.63, 3.8) is 0 Å². The highest BCUT2D eigenvalue weighted by Gasteiger charge is 2.28. The maximum Gasteiger partial charge on any atom is 0.229 e. The van der Waals surface area contributed by atoms with Gasteiger partial charge in [-0.1, -0.05) is 27.5 Å². The molecular formula is C35H46N9OP. The molecule has 2 fully saturated rings. The van der Waals surface area contributed by atoms with Gasteiger partial charge in [0.15, 0.2) is 0 Å². The molecule has 2 N–H and O–H groups in total. The average molecular weight is 640 g/mol. The topological polar surface area (TPSA) is 94.6 Å². The fourth-order valence-electron chi connectivity index (χ4n) is 6.64. The quantitative estimate of drug-likeness (QED) is 0.210. The molecule has 0 atom stereocenters. The minimum Gasteiger partial charge on any atom is -0.494 e. The van der Waals surface area contributed by atoms with Gasteiger partial charge in [-0.3, -0.25) is 14.9 Å². The number of fused-ring (bicyclic) bond motifs is 1. The molecule has 0 amide bonds. The van der Waals surface area contributed by atoms with E-state index in [0.717, 1.165) is 58.5 Å². The van der Waals surface area contributed by atoms with Crippen LogP contribution < -0.4 is 25.6 Å². The number of aromatic nitrogens is 4. The number of rotatable bonds is 10. The van der Waals surface area contributed by atoms with Crippen molar-refractivity contribution >= 4 is 59.2 Å². The van der Waals surface area contributed by atoms with Gasteiger partial charge in [-0.05, 0) is 63.4 Å². The van der Waals surface area contributed by atoms with E-state index in [0.29, 0.717) is 17.8 Å². The number of anilines is 5. The predicted molar refractivity (Wildman–Crippen MR) is 193 cm³/mol. The fraction of sp³-hybridized carbons (Fsp3) is 0.429. The van der Waals surface area contributed by atoms with Gasteiger partial charge in [0, 0.05) is 92.2 Å². The average Bonchev–Trinajstić information content (AvgIpc) is 3.08. The van der Waals surface area contributed by atoms with Crippen molar-refractivity contribution in [1.29, 1.82) is 0 Å². The van der Waals surface area contributed by atoms with Crippen molar-refractivity contribution in [2.24, 2.45) is 0 Å². The zero-order valence-corrected chi connectivity index (χ0v) is 28.6. The van der Waals surface area contributed by atoms with E-state index in [4.69, 9.17) is 9.72 Å². The predicted octanol–water partition coefficient (Wildman–Crippen LogP) is 5.70. The Morgan fingerprint density at radius 2 is 1.74 bits per heavy atom. The van der Waals surface area contributed by atoms with E-state index >= 15 is 0 Å². The van der Waals surface area contributed by atoms with Crippen LogP contribution in [0.2, 0.25) is 0 Å². The van der Waals surface area contributed by atoms with Crippen molar-refractivity contribution < 1.29 is 4.74 Å². The second-order valence-corrected chi connectivity index (χ2v) is 14.6. The lowest BCUT2D eigenvalue weighted by Gasteiger charge is -2.43. The number of likely N-dealkylation sites (N-methyl/N-ethyl adjacent to an activating group) is 1. The van der Waals surface area contributed by atoms with E-state index in [9.17, 15) is 0 Å². The molecule has 2 saturated heterocycles. The van der Waals surface area contributed by atoms with Crippen molar-refractivity contribution in [2.75, 3.05) is 82.3 Å². The molecule has 2 aliphatic heterocycles. The van der Waals surface area contributed by atoms with E-state index in [1.54, 1.807) is 31.8 Å². The summed E-state index contributed by atoms with van der Waals surface area (Å²) in [4.78, 5) is 26.4. The van der Waals surface area contributed by atoms with E-state index in [1.807, 2.05) is 6.07 Å². The van der Waals surface area contributed by atoms with Gasteiger partial charge in [0.05, 0.1) is 23.8 Å². The number of methoxy groups -OCH3 is 1. The van der Waals surface area contributed by atoms with Crippen molar-refractivity contribution in [2.45, 2.75) is 32.2 Å². The summed E-state index contributed by atoms with van der Waals surface area (Å²) in [5.41, 5.74) is 6.96. The van der Waals surface area contributed by atoms with Crippen LogP contribution in [0.4, 0.5) is 28.8 Å². The van der Waals surface area contributed by atoms with Gasteiger partial charge < -0.3 is 25.2 Å². The molecule has 0 radical (unpaired) electrons. The molecule has 4 aromatic rings. The summed E-state index contributed by atoms with van der Waals surface area (Å²) in [6, 6.07) is 9.10. The zero-order valence-electron chi connectivity index (χ0n) is 27.8. The van der Waals surface area contributed by atoms with Crippen molar-refractivity contribution in [3.05, 3.63) is 60.6 Å². The van der Waals surface area contributed by atoms with Crippen LogP contribution >= 0.6 is 7.92 Å².